The number of benzene rings is 1. The lowest BCUT2D eigenvalue weighted by Crippen LogP contribution is -2.34. The number of H-pyrrole nitrogens is 1. The van der Waals surface area contributed by atoms with E-state index in [9.17, 15) is 31.5 Å². The molecule has 1 aromatic carbocycles. The highest BCUT2D eigenvalue weighted by molar-refractivity contribution is 6.01. The number of aromatic amines is 1. The Kier molecular flexibility index (Phi) is 9.82. The summed E-state index contributed by atoms with van der Waals surface area (Å²) in [5.41, 5.74) is 3.49. The number of carbonyl (C=O) groups excluding carboxylic acids is 2. The number of ketones is 1. The molecule has 0 radical (unpaired) electrons. The smallest absolute Gasteiger partial charge is 0.391 e. The van der Waals surface area contributed by atoms with Crippen LogP contribution in [0.2, 0.25) is 0 Å². The highest BCUT2D eigenvalue weighted by atomic mass is 19.4. The molecule has 47 heavy (non-hydrogen) atoms. The van der Waals surface area contributed by atoms with E-state index >= 15 is 0 Å². The average molecular weight is 665 g/mol. The van der Waals surface area contributed by atoms with Crippen molar-refractivity contribution in [2.45, 2.75) is 98.0 Å². The van der Waals surface area contributed by atoms with E-state index in [1.165, 1.54) is 6.07 Å². The van der Waals surface area contributed by atoms with E-state index in [2.05, 4.69) is 30.9 Å². The summed E-state index contributed by atoms with van der Waals surface area (Å²) in [4.78, 5) is 37.7. The molecule has 1 saturated heterocycles. The number of hydrogen-bond donors (Lipinski definition) is 4. The van der Waals surface area contributed by atoms with Crippen molar-refractivity contribution in [3.63, 3.8) is 0 Å². The molecule has 2 unspecified atom stereocenters. The van der Waals surface area contributed by atoms with Crippen molar-refractivity contribution < 1.29 is 36.3 Å². The highest BCUT2D eigenvalue weighted by Gasteiger charge is 2.48. The number of anilines is 2. The van der Waals surface area contributed by atoms with Crippen molar-refractivity contribution in [3.8, 4) is 5.88 Å². The van der Waals surface area contributed by atoms with Crippen LogP contribution in [0.3, 0.4) is 0 Å². The number of amides is 1. The molecule has 1 saturated carbocycles. The Hall–Kier alpha value is -3.81. The van der Waals surface area contributed by atoms with Crippen LogP contribution in [0.4, 0.5) is 33.6 Å². The number of nitrogens with one attached hydrogen (secondary N) is 4. The minimum absolute atomic E-state index is 0.0190. The molecule has 1 aliphatic carbocycles. The molecule has 2 aliphatic rings. The lowest BCUT2D eigenvalue weighted by Gasteiger charge is -2.29. The van der Waals surface area contributed by atoms with Gasteiger partial charge in [0.2, 0.25) is 17.7 Å². The molecule has 1 amide bonds. The largest absolute Gasteiger partial charge is 0.471 e. The monoisotopic (exact) mass is 664 g/mol. The van der Waals surface area contributed by atoms with Crippen molar-refractivity contribution in [2.75, 3.05) is 11.9 Å². The van der Waals surface area contributed by atoms with Crippen molar-refractivity contribution in [3.05, 3.63) is 40.5 Å². The Morgan fingerprint density at radius 1 is 1.06 bits per heavy atom. The number of imidazole rings is 1. The first-order valence-corrected chi connectivity index (χ1v) is 15.8. The molecule has 1 aliphatic heterocycles. The number of nitrogens with zero attached hydrogens (tertiary/aromatic N) is 2. The summed E-state index contributed by atoms with van der Waals surface area (Å²) in [5, 5.41) is 9.45. The van der Waals surface area contributed by atoms with Gasteiger partial charge in [0.1, 0.15) is 0 Å². The second-order valence-electron chi connectivity index (χ2n) is 13.7. The molecule has 2 aromatic heterocycles. The lowest BCUT2D eigenvalue weighted by atomic mass is 9.79. The topological polar surface area (TPSA) is 131 Å². The summed E-state index contributed by atoms with van der Waals surface area (Å²) in [7, 11) is 0. The molecule has 9 nitrogen and oxygen atoms in total. The summed E-state index contributed by atoms with van der Waals surface area (Å²) in [5.74, 6) is -1.65. The number of hydrogen-bond acceptors (Lipinski definition) is 7. The molecule has 0 spiro atoms. The third kappa shape index (κ3) is 8.20. The SMILES string of the molecule is Cc1ccc(CNC(=O)C(C)(C)C)c(C)c1Nc1nc2nc(OCC(F)F)c(C(=O)CC3NC3C3CCC(C(F)(F)F)CC3)cc2[nH]1. The van der Waals surface area contributed by atoms with Gasteiger partial charge in [-0.2, -0.15) is 23.1 Å². The van der Waals surface area contributed by atoms with Gasteiger partial charge in [0.15, 0.2) is 18.0 Å². The number of Topliss-reactive ketones (excluding diaryl/α,β-unsaturated/α-hetero) is 1. The second kappa shape index (κ2) is 13.4. The van der Waals surface area contributed by atoms with Gasteiger partial charge in [-0.3, -0.25) is 9.59 Å². The Bertz CT molecular complexity index is 1630. The molecule has 14 heteroatoms. The predicted molar refractivity (Wildman–Crippen MR) is 167 cm³/mol. The Morgan fingerprint density at radius 2 is 1.77 bits per heavy atom. The minimum atomic E-state index is -4.19. The van der Waals surface area contributed by atoms with Gasteiger partial charge in [-0.05, 0) is 68.2 Å². The zero-order valence-corrected chi connectivity index (χ0v) is 27.1. The van der Waals surface area contributed by atoms with Gasteiger partial charge >= 0.3 is 6.18 Å². The van der Waals surface area contributed by atoms with Crippen molar-refractivity contribution >= 4 is 34.5 Å². The third-order valence-corrected chi connectivity index (χ3v) is 9.11. The molecule has 4 N–H and O–H groups in total. The number of halogens is 5. The normalized spacial score (nSPS) is 21.6. The number of pyridine rings is 1. The first kappa shape index (κ1) is 34.5. The van der Waals surface area contributed by atoms with Gasteiger partial charge in [-0.15, -0.1) is 0 Å². The fourth-order valence-electron chi connectivity index (χ4n) is 6.23. The number of alkyl halides is 5. The number of carbonyl (C=O) groups is 2. The maximum atomic E-state index is 13.4. The number of aromatic nitrogens is 3. The van der Waals surface area contributed by atoms with Crippen LogP contribution in [0.15, 0.2) is 18.2 Å². The van der Waals surface area contributed by atoms with Crippen LogP contribution in [0, 0.1) is 31.1 Å². The molecule has 5 rings (SSSR count). The average Bonchev–Trinajstić information content (AvgIpc) is 3.64. The first-order valence-electron chi connectivity index (χ1n) is 15.8. The summed E-state index contributed by atoms with van der Waals surface area (Å²) in [6.07, 6.45) is -5.94. The summed E-state index contributed by atoms with van der Waals surface area (Å²) >= 11 is 0. The van der Waals surface area contributed by atoms with E-state index in [0.717, 1.165) is 22.4 Å². The van der Waals surface area contributed by atoms with E-state index in [-0.39, 0.29) is 66.0 Å². The molecule has 2 atom stereocenters. The van der Waals surface area contributed by atoms with E-state index < -0.39 is 30.5 Å². The van der Waals surface area contributed by atoms with Crippen molar-refractivity contribution in [2.24, 2.45) is 17.3 Å². The summed E-state index contributed by atoms with van der Waals surface area (Å²) < 4.78 is 70.7. The molecule has 256 valence electrons. The third-order valence-electron chi connectivity index (χ3n) is 9.11. The molecular weight excluding hydrogens is 623 g/mol. The molecule has 0 bridgehead atoms. The van der Waals surface area contributed by atoms with Crippen LogP contribution in [-0.2, 0) is 11.3 Å². The van der Waals surface area contributed by atoms with Crippen LogP contribution in [0.25, 0.3) is 11.2 Å². The van der Waals surface area contributed by atoms with Crippen LogP contribution >= 0.6 is 0 Å². The maximum Gasteiger partial charge on any atom is 0.391 e. The zero-order valence-electron chi connectivity index (χ0n) is 27.1. The number of aryl methyl sites for hydroxylation is 1. The van der Waals surface area contributed by atoms with Gasteiger partial charge in [0.25, 0.3) is 6.43 Å². The lowest BCUT2D eigenvalue weighted by molar-refractivity contribution is -0.183. The Balaban J connectivity index is 1.31. The minimum Gasteiger partial charge on any atom is -0.471 e. The number of fused-ring (bicyclic) bond motifs is 1. The van der Waals surface area contributed by atoms with E-state index in [0.29, 0.717) is 30.9 Å². The maximum absolute atomic E-state index is 13.4. The highest BCUT2D eigenvalue weighted by Crippen LogP contribution is 2.43. The van der Waals surface area contributed by atoms with Gasteiger partial charge in [-0.1, -0.05) is 32.9 Å². The van der Waals surface area contributed by atoms with Gasteiger partial charge in [0.05, 0.1) is 17.0 Å². The Labute approximate surface area is 269 Å². The van der Waals surface area contributed by atoms with Crippen LogP contribution < -0.4 is 20.7 Å². The van der Waals surface area contributed by atoms with E-state index in [4.69, 9.17) is 4.74 Å². The molecular formula is C33H41F5N6O3. The standard InChI is InChI=1S/C33H41F5N6O3/c1-16-6-7-19(14-39-30(46)32(3,4)5)17(2)26(16)42-31-41-23-12-21(29(43-28(23)44-31)47-15-25(34)35)24(45)13-22-27(40-22)18-8-10-20(11-9-18)33(36,37)38/h6-7,12,18,20,22,25,27,40H,8-11,13-15H2,1-5H3,(H,39,46)(H2,41,42,43,44). The van der Waals surface area contributed by atoms with E-state index in [1.54, 1.807) is 0 Å². The Morgan fingerprint density at radius 3 is 2.40 bits per heavy atom. The number of rotatable bonds is 11. The van der Waals surface area contributed by atoms with Crippen LogP contribution in [0.5, 0.6) is 5.88 Å². The van der Waals surface area contributed by atoms with E-state index in [1.807, 2.05) is 46.8 Å². The van der Waals surface area contributed by atoms with Crippen LogP contribution in [-0.4, -0.2) is 57.9 Å². The quantitative estimate of drug-likeness (QED) is 0.0996. The van der Waals surface area contributed by atoms with Gasteiger partial charge < -0.3 is 25.7 Å². The fourth-order valence-corrected chi connectivity index (χ4v) is 6.23. The summed E-state index contributed by atoms with van der Waals surface area (Å²) in [6.45, 7) is 8.73. The van der Waals surface area contributed by atoms with Crippen LogP contribution in [0.1, 0.15) is 79.9 Å². The van der Waals surface area contributed by atoms with Gasteiger partial charge in [0, 0.05) is 36.2 Å². The predicted octanol–water partition coefficient (Wildman–Crippen LogP) is 6.91. The number of ether oxygens (including phenoxy) is 1. The first-order chi connectivity index (χ1) is 22.0. The molecule has 3 aromatic rings. The van der Waals surface area contributed by atoms with Gasteiger partial charge in [-0.25, -0.2) is 8.78 Å². The van der Waals surface area contributed by atoms with Crippen molar-refractivity contribution in [1.29, 1.82) is 0 Å². The zero-order chi connectivity index (χ0) is 34.3. The fraction of sp³-hybridized carbons (Fsp3) is 0.576. The van der Waals surface area contributed by atoms with Crippen molar-refractivity contribution in [1.82, 2.24) is 25.6 Å². The second-order valence-corrected chi connectivity index (χ2v) is 13.7. The molecule has 3 heterocycles. The summed E-state index contributed by atoms with van der Waals surface area (Å²) in [6, 6.07) is 5.05. The molecule has 2 fully saturated rings.